The molecule has 0 bridgehead atoms. The molecule has 4 atom stereocenters. The molecule has 2 aliphatic rings. The first-order valence-electron chi connectivity index (χ1n) is 7.50. The Morgan fingerprint density at radius 3 is 2.25 bits per heavy atom. The van der Waals surface area contributed by atoms with E-state index in [-0.39, 0.29) is 12.2 Å². The monoisotopic (exact) mass is 281 g/mol. The van der Waals surface area contributed by atoms with Crippen molar-refractivity contribution in [3.63, 3.8) is 0 Å². The molecular formula is C15H27N3O2. The van der Waals surface area contributed by atoms with E-state index in [9.17, 15) is 5.26 Å². The maximum absolute atomic E-state index is 9.47. The number of likely N-dealkylation sites (tertiary alicyclic amines) is 1. The van der Waals surface area contributed by atoms with Gasteiger partial charge in [0.1, 0.15) is 5.54 Å². The molecule has 5 nitrogen and oxygen atoms in total. The van der Waals surface area contributed by atoms with Gasteiger partial charge >= 0.3 is 0 Å². The lowest BCUT2D eigenvalue weighted by Crippen LogP contribution is -2.48. The van der Waals surface area contributed by atoms with Crippen LogP contribution < -0.4 is 5.32 Å². The van der Waals surface area contributed by atoms with Crippen LogP contribution in [0.4, 0.5) is 0 Å². The smallest absolute Gasteiger partial charge is 0.105 e. The van der Waals surface area contributed by atoms with Crippen LogP contribution in [0.2, 0.25) is 0 Å². The topological polar surface area (TPSA) is 57.5 Å². The first kappa shape index (κ1) is 15.7. The van der Waals surface area contributed by atoms with Crippen LogP contribution in [0, 0.1) is 11.3 Å². The summed E-state index contributed by atoms with van der Waals surface area (Å²) in [6.45, 7) is 5.96. The van der Waals surface area contributed by atoms with Gasteiger partial charge in [-0.1, -0.05) is 0 Å². The van der Waals surface area contributed by atoms with Crippen LogP contribution in [-0.2, 0) is 9.47 Å². The number of ether oxygens (including phenoxy) is 2. The molecule has 20 heavy (non-hydrogen) atoms. The van der Waals surface area contributed by atoms with Crippen molar-refractivity contribution in [2.75, 3.05) is 27.3 Å². The largest absolute Gasteiger partial charge is 0.377 e. The van der Waals surface area contributed by atoms with Gasteiger partial charge < -0.3 is 9.47 Å². The highest BCUT2D eigenvalue weighted by Gasteiger charge is 2.39. The Morgan fingerprint density at radius 1 is 1.30 bits per heavy atom. The standard InChI is InChI=1S/C15H27N3O2/c1-11(7-15(2,10-16)17-12-5-6-12)18-8-13(19-3)14(9-18)20-4/h11-14,17H,5-9H2,1-4H3. The minimum atomic E-state index is -0.436. The molecule has 0 aromatic carbocycles. The lowest BCUT2D eigenvalue weighted by Gasteiger charge is -2.31. The van der Waals surface area contributed by atoms with Gasteiger partial charge in [-0.15, -0.1) is 0 Å². The third-order valence-electron chi connectivity index (χ3n) is 4.52. The Morgan fingerprint density at radius 2 is 1.85 bits per heavy atom. The molecule has 0 radical (unpaired) electrons. The van der Waals surface area contributed by atoms with E-state index in [2.05, 4.69) is 23.2 Å². The summed E-state index contributed by atoms with van der Waals surface area (Å²) in [5, 5.41) is 12.9. The second-order valence-electron chi connectivity index (χ2n) is 6.42. The zero-order chi connectivity index (χ0) is 14.8. The van der Waals surface area contributed by atoms with Crippen LogP contribution in [0.5, 0.6) is 0 Å². The number of rotatable bonds is 7. The minimum absolute atomic E-state index is 0.132. The molecule has 4 unspecified atom stereocenters. The lowest BCUT2D eigenvalue weighted by molar-refractivity contribution is -0.00461. The van der Waals surface area contributed by atoms with Crippen LogP contribution in [0.3, 0.4) is 0 Å². The van der Waals surface area contributed by atoms with Gasteiger partial charge in [0.15, 0.2) is 0 Å². The van der Waals surface area contributed by atoms with E-state index in [1.807, 2.05) is 6.92 Å². The van der Waals surface area contributed by atoms with Crippen molar-refractivity contribution in [1.82, 2.24) is 10.2 Å². The van der Waals surface area contributed by atoms with Crippen molar-refractivity contribution in [3.8, 4) is 6.07 Å². The van der Waals surface area contributed by atoms with Gasteiger partial charge in [-0.25, -0.2) is 0 Å². The predicted octanol–water partition coefficient (Wildman–Crippen LogP) is 1.14. The molecule has 2 fully saturated rings. The summed E-state index contributed by atoms with van der Waals surface area (Å²) in [5.41, 5.74) is -0.436. The highest BCUT2D eigenvalue weighted by molar-refractivity contribution is 5.09. The van der Waals surface area contributed by atoms with Crippen molar-refractivity contribution in [2.45, 2.75) is 62.9 Å². The first-order valence-corrected chi connectivity index (χ1v) is 7.50. The zero-order valence-corrected chi connectivity index (χ0v) is 13.1. The van der Waals surface area contributed by atoms with Crippen LogP contribution in [0.1, 0.15) is 33.1 Å². The first-order chi connectivity index (χ1) is 9.51. The predicted molar refractivity (Wildman–Crippen MR) is 77.4 cm³/mol. The minimum Gasteiger partial charge on any atom is -0.377 e. The molecule has 1 N–H and O–H groups in total. The third kappa shape index (κ3) is 3.70. The van der Waals surface area contributed by atoms with Crippen molar-refractivity contribution in [1.29, 1.82) is 5.26 Å². The van der Waals surface area contributed by atoms with Gasteiger partial charge in [0.05, 0.1) is 18.3 Å². The molecule has 1 aliphatic heterocycles. The van der Waals surface area contributed by atoms with Crippen LogP contribution in [0.25, 0.3) is 0 Å². The van der Waals surface area contributed by atoms with Crippen molar-refractivity contribution >= 4 is 0 Å². The van der Waals surface area contributed by atoms with Crippen LogP contribution >= 0.6 is 0 Å². The van der Waals surface area contributed by atoms with Crippen LogP contribution in [0.15, 0.2) is 0 Å². The summed E-state index contributed by atoms with van der Waals surface area (Å²) in [6.07, 6.45) is 3.49. The van der Waals surface area contributed by atoms with Gasteiger partial charge in [0.25, 0.3) is 0 Å². The van der Waals surface area contributed by atoms with E-state index < -0.39 is 5.54 Å². The molecule has 0 spiro atoms. The van der Waals surface area contributed by atoms with Crippen molar-refractivity contribution < 1.29 is 9.47 Å². The number of nitrogens with zero attached hydrogens (tertiary/aromatic N) is 2. The molecule has 1 saturated carbocycles. The fraction of sp³-hybridized carbons (Fsp3) is 0.933. The third-order valence-corrected chi connectivity index (χ3v) is 4.52. The second kappa shape index (κ2) is 6.40. The maximum atomic E-state index is 9.47. The summed E-state index contributed by atoms with van der Waals surface area (Å²) in [4.78, 5) is 2.37. The summed E-state index contributed by atoms with van der Waals surface area (Å²) in [7, 11) is 3.47. The Kier molecular flexibility index (Phi) is 5.03. The number of nitriles is 1. The van der Waals surface area contributed by atoms with E-state index in [0.29, 0.717) is 12.1 Å². The highest BCUT2D eigenvalue weighted by atomic mass is 16.5. The molecule has 2 rings (SSSR count). The summed E-state index contributed by atoms with van der Waals surface area (Å²) in [6, 6.07) is 3.34. The summed E-state index contributed by atoms with van der Waals surface area (Å²) < 4.78 is 11.0. The average Bonchev–Trinajstić information content (AvgIpc) is 3.13. The quantitative estimate of drug-likeness (QED) is 0.758. The maximum Gasteiger partial charge on any atom is 0.105 e. The van der Waals surface area contributed by atoms with Gasteiger partial charge in [-0.05, 0) is 33.1 Å². The lowest BCUT2D eigenvalue weighted by atomic mass is 9.94. The number of methoxy groups -OCH3 is 2. The van der Waals surface area contributed by atoms with E-state index in [1.165, 1.54) is 12.8 Å². The summed E-state index contributed by atoms with van der Waals surface area (Å²) in [5.74, 6) is 0. The van der Waals surface area contributed by atoms with Crippen molar-refractivity contribution in [2.24, 2.45) is 0 Å². The van der Waals surface area contributed by atoms with Gasteiger partial charge in [-0.2, -0.15) is 5.26 Å². The zero-order valence-electron chi connectivity index (χ0n) is 13.1. The Bertz CT molecular complexity index is 355. The highest BCUT2D eigenvalue weighted by Crippen LogP contribution is 2.27. The SMILES string of the molecule is COC1CN(C(C)CC(C)(C#N)NC2CC2)CC1OC. The molecule has 0 aromatic rings. The van der Waals surface area contributed by atoms with Crippen LogP contribution in [-0.4, -0.2) is 62.0 Å². The molecule has 0 aromatic heterocycles. The van der Waals surface area contributed by atoms with Crippen molar-refractivity contribution in [3.05, 3.63) is 0 Å². The summed E-state index contributed by atoms with van der Waals surface area (Å²) >= 11 is 0. The molecule has 1 heterocycles. The van der Waals surface area contributed by atoms with E-state index in [1.54, 1.807) is 14.2 Å². The molecule has 0 amide bonds. The molecule has 1 aliphatic carbocycles. The molecule has 1 saturated heterocycles. The van der Waals surface area contributed by atoms with Gasteiger partial charge in [0.2, 0.25) is 0 Å². The second-order valence-corrected chi connectivity index (χ2v) is 6.42. The van der Waals surface area contributed by atoms with Gasteiger partial charge in [-0.3, -0.25) is 10.2 Å². The Labute approximate surface area is 122 Å². The fourth-order valence-electron chi connectivity index (χ4n) is 3.12. The van der Waals surface area contributed by atoms with Gasteiger partial charge in [0, 0.05) is 39.4 Å². The van der Waals surface area contributed by atoms with E-state index in [0.717, 1.165) is 19.5 Å². The van der Waals surface area contributed by atoms with E-state index in [4.69, 9.17) is 9.47 Å². The fourth-order valence-corrected chi connectivity index (χ4v) is 3.12. The Balaban J connectivity index is 1.90. The molecule has 114 valence electrons. The Hall–Kier alpha value is -0.670. The number of nitrogens with one attached hydrogen (secondary N) is 1. The van der Waals surface area contributed by atoms with E-state index >= 15 is 0 Å². The average molecular weight is 281 g/mol. The normalized spacial score (nSPS) is 31.8. The molecular weight excluding hydrogens is 254 g/mol. The molecule has 5 heteroatoms. The number of hydrogen-bond donors (Lipinski definition) is 1. The number of hydrogen-bond acceptors (Lipinski definition) is 5.